The molecule has 0 radical (unpaired) electrons. The maximum absolute atomic E-state index is 11.9. The molecule has 1 aliphatic rings. The zero-order valence-corrected chi connectivity index (χ0v) is 8.32. The number of fused-ring (bicyclic) bond motifs is 1. The Hall–Kier alpha value is -1.15. The smallest absolute Gasteiger partial charge is 0.191 e. The minimum absolute atomic E-state index is 0.139. The van der Waals surface area contributed by atoms with E-state index in [1.165, 1.54) is 0 Å². The predicted octanol–water partition coefficient (Wildman–Crippen LogP) is 2.22. The fourth-order valence-corrected chi connectivity index (χ4v) is 1.99. The average Bonchev–Trinajstić information content (AvgIpc) is 2.39. The van der Waals surface area contributed by atoms with Crippen LogP contribution >= 0.6 is 0 Å². The van der Waals surface area contributed by atoms with Gasteiger partial charge in [-0.2, -0.15) is 0 Å². The van der Waals surface area contributed by atoms with Gasteiger partial charge in [0, 0.05) is 12.7 Å². The molecule has 2 heteroatoms. The molecule has 1 aliphatic carbocycles. The first-order valence-corrected chi connectivity index (χ1v) is 4.98. The van der Waals surface area contributed by atoms with E-state index in [9.17, 15) is 4.79 Å². The molecule has 2 nitrogen and oxygen atoms in total. The fourth-order valence-electron chi connectivity index (χ4n) is 1.99. The fraction of sp³-hybridized carbons (Fsp3) is 0.417. The summed E-state index contributed by atoms with van der Waals surface area (Å²) in [5.74, 6) is 0.139. The SMILES string of the molecule is COC1CCCc2ccccc2C1=O. The number of rotatable bonds is 1. The molecule has 0 amide bonds. The molecular formula is C12H14O2. The van der Waals surface area contributed by atoms with Crippen LogP contribution in [0.5, 0.6) is 0 Å². The second kappa shape index (κ2) is 3.93. The van der Waals surface area contributed by atoms with Gasteiger partial charge in [0.05, 0.1) is 0 Å². The van der Waals surface area contributed by atoms with Gasteiger partial charge in [-0.15, -0.1) is 0 Å². The van der Waals surface area contributed by atoms with Crippen LogP contribution < -0.4 is 0 Å². The van der Waals surface area contributed by atoms with Crippen molar-refractivity contribution in [3.05, 3.63) is 35.4 Å². The number of ketones is 1. The molecule has 0 fully saturated rings. The summed E-state index contributed by atoms with van der Waals surface area (Å²) in [7, 11) is 1.61. The van der Waals surface area contributed by atoms with Crippen molar-refractivity contribution in [2.75, 3.05) is 7.11 Å². The quantitative estimate of drug-likeness (QED) is 0.635. The van der Waals surface area contributed by atoms with Gasteiger partial charge in [0.15, 0.2) is 5.78 Å². The molecule has 0 saturated carbocycles. The number of Topliss-reactive ketones (excluding diaryl/α,β-unsaturated/α-hetero) is 1. The van der Waals surface area contributed by atoms with E-state index in [4.69, 9.17) is 4.74 Å². The van der Waals surface area contributed by atoms with Crippen molar-refractivity contribution < 1.29 is 9.53 Å². The van der Waals surface area contributed by atoms with Crippen molar-refractivity contribution >= 4 is 5.78 Å². The van der Waals surface area contributed by atoms with Crippen LogP contribution in [0.2, 0.25) is 0 Å². The monoisotopic (exact) mass is 190 g/mol. The molecule has 0 heterocycles. The molecule has 14 heavy (non-hydrogen) atoms. The number of methoxy groups -OCH3 is 1. The zero-order chi connectivity index (χ0) is 9.97. The summed E-state index contributed by atoms with van der Waals surface area (Å²) in [5, 5.41) is 0. The van der Waals surface area contributed by atoms with Crippen LogP contribution in [0.15, 0.2) is 24.3 Å². The number of hydrogen-bond donors (Lipinski definition) is 0. The van der Waals surface area contributed by atoms with Gasteiger partial charge in [-0.1, -0.05) is 24.3 Å². The van der Waals surface area contributed by atoms with E-state index in [0.717, 1.165) is 30.4 Å². The third-order valence-electron chi connectivity index (χ3n) is 2.77. The zero-order valence-electron chi connectivity index (χ0n) is 8.32. The third-order valence-corrected chi connectivity index (χ3v) is 2.77. The summed E-state index contributed by atoms with van der Waals surface area (Å²) in [5.41, 5.74) is 2.01. The second-order valence-electron chi connectivity index (χ2n) is 3.64. The minimum Gasteiger partial charge on any atom is -0.373 e. The first-order valence-electron chi connectivity index (χ1n) is 4.98. The first-order chi connectivity index (χ1) is 6.83. The van der Waals surface area contributed by atoms with Gasteiger partial charge >= 0.3 is 0 Å². The Morgan fingerprint density at radius 2 is 2.14 bits per heavy atom. The summed E-state index contributed by atoms with van der Waals surface area (Å²) < 4.78 is 5.19. The highest BCUT2D eigenvalue weighted by Crippen LogP contribution is 2.21. The lowest BCUT2D eigenvalue weighted by molar-refractivity contribution is 0.0585. The molecule has 0 saturated heterocycles. The van der Waals surface area contributed by atoms with Crippen LogP contribution in [0.4, 0.5) is 0 Å². The van der Waals surface area contributed by atoms with E-state index in [0.29, 0.717) is 0 Å². The van der Waals surface area contributed by atoms with Crippen LogP contribution in [-0.2, 0) is 11.2 Å². The lowest BCUT2D eigenvalue weighted by atomic mass is 10.0. The van der Waals surface area contributed by atoms with Crippen molar-refractivity contribution in [3.63, 3.8) is 0 Å². The molecule has 0 aromatic heterocycles. The summed E-state index contributed by atoms with van der Waals surface area (Å²) >= 11 is 0. The standard InChI is InChI=1S/C12H14O2/c1-14-11-8-4-6-9-5-2-3-7-10(9)12(11)13/h2-3,5,7,11H,4,6,8H2,1H3. The van der Waals surface area contributed by atoms with Crippen LogP contribution in [0.1, 0.15) is 28.8 Å². The summed E-state index contributed by atoms with van der Waals surface area (Å²) in [6.07, 6.45) is 2.62. The lowest BCUT2D eigenvalue weighted by Crippen LogP contribution is -2.21. The van der Waals surface area contributed by atoms with Crippen LogP contribution in [0.3, 0.4) is 0 Å². The Bertz CT molecular complexity index is 344. The number of benzene rings is 1. The number of hydrogen-bond acceptors (Lipinski definition) is 2. The highest BCUT2D eigenvalue weighted by molar-refractivity contribution is 6.01. The van der Waals surface area contributed by atoms with Crippen molar-refractivity contribution in [1.29, 1.82) is 0 Å². The van der Waals surface area contributed by atoms with Crippen molar-refractivity contribution in [2.24, 2.45) is 0 Å². The number of carbonyl (C=O) groups is 1. The third kappa shape index (κ3) is 1.58. The largest absolute Gasteiger partial charge is 0.373 e. The Morgan fingerprint density at radius 1 is 1.36 bits per heavy atom. The van der Waals surface area contributed by atoms with E-state index >= 15 is 0 Å². The van der Waals surface area contributed by atoms with E-state index < -0.39 is 0 Å². The maximum atomic E-state index is 11.9. The van der Waals surface area contributed by atoms with Gasteiger partial charge < -0.3 is 4.74 Å². The summed E-state index contributed by atoms with van der Waals surface area (Å²) in [6, 6.07) is 7.83. The van der Waals surface area contributed by atoms with E-state index in [-0.39, 0.29) is 11.9 Å². The van der Waals surface area contributed by atoms with Gasteiger partial charge in [-0.3, -0.25) is 4.79 Å². The Kier molecular flexibility index (Phi) is 2.64. The molecule has 1 unspecified atom stereocenters. The maximum Gasteiger partial charge on any atom is 0.191 e. The molecule has 1 aromatic rings. The highest BCUT2D eigenvalue weighted by Gasteiger charge is 2.24. The average molecular weight is 190 g/mol. The normalized spacial score (nSPS) is 21.5. The highest BCUT2D eigenvalue weighted by atomic mass is 16.5. The Labute approximate surface area is 83.9 Å². The van der Waals surface area contributed by atoms with Gasteiger partial charge in [-0.25, -0.2) is 0 Å². The Morgan fingerprint density at radius 3 is 2.93 bits per heavy atom. The summed E-state index contributed by atoms with van der Waals surface area (Å²) in [6.45, 7) is 0. The van der Waals surface area contributed by atoms with Crippen molar-refractivity contribution in [2.45, 2.75) is 25.4 Å². The minimum atomic E-state index is -0.237. The van der Waals surface area contributed by atoms with E-state index in [2.05, 4.69) is 0 Å². The van der Waals surface area contributed by atoms with Gasteiger partial charge in [0.1, 0.15) is 6.10 Å². The van der Waals surface area contributed by atoms with Gasteiger partial charge in [0.25, 0.3) is 0 Å². The molecule has 0 bridgehead atoms. The van der Waals surface area contributed by atoms with Gasteiger partial charge in [0.2, 0.25) is 0 Å². The number of aryl methyl sites for hydroxylation is 1. The van der Waals surface area contributed by atoms with Crippen LogP contribution in [0.25, 0.3) is 0 Å². The molecule has 0 N–H and O–H groups in total. The van der Waals surface area contributed by atoms with Crippen molar-refractivity contribution in [3.8, 4) is 0 Å². The second-order valence-corrected chi connectivity index (χ2v) is 3.64. The van der Waals surface area contributed by atoms with Crippen molar-refractivity contribution in [1.82, 2.24) is 0 Å². The molecule has 0 aliphatic heterocycles. The lowest BCUT2D eigenvalue weighted by Gasteiger charge is -2.10. The van der Waals surface area contributed by atoms with Crippen LogP contribution in [-0.4, -0.2) is 19.0 Å². The van der Waals surface area contributed by atoms with Gasteiger partial charge in [-0.05, 0) is 24.8 Å². The molecule has 1 aromatic carbocycles. The topological polar surface area (TPSA) is 26.3 Å². The first kappa shape index (κ1) is 9.41. The van der Waals surface area contributed by atoms with E-state index in [1.54, 1.807) is 7.11 Å². The van der Waals surface area contributed by atoms with E-state index in [1.807, 2.05) is 24.3 Å². The molecule has 74 valence electrons. The van der Waals surface area contributed by atoms with Crippen LogP contribution in [0, 0.1) is 0 Å². The number of carbonyl (C=O) groups excluding carboxylic acids is 1. The molecule has 0 spiro atoms. The molecule has 2 rings (SSSR count). The Balaban J connectivity index is 2.40. The predicted molar refractivity (Wildman–Crippen MR) is 54.5 cm³/mol. The summed E-state index contributed by atoms with van der Waals surface area (Å²) in [4.78, 5) is 11.9. The molecule has 1 atom stereocenters. The number of ether oxygens (including phenoxy) is 1. The molecular weight excluding hydrogens is 176 g/mol.